The normalized spacial score (nSPS) is 19.7. The molecule has 0 radical (unpaired) electrons. The van der Waals surface area contributed by atoms with Crippen molar-refractivity contribution in [2.24, 2.45) is 32.8 Å². The minimum Gasteiger partial charge on any atom is -0.481 e. The summed E-state index contributed by atoms with van der Waals surface area (Å²) in [7, 11) is 3.78. The van der Waals surface area contributed by atoms with Crippen LogP contribution >= 0.6 is 0 Å². The van der Waals surface area contributed by atoms with E-state index in [1.807, 2.05) is 45.9 Å². The first-order valence-electron chi connectivity index (χ1n) is 28.0. The minimum atomic E-state index is -1.76. The Bertz CT molecular complexity index is 3490. The maximum atomic E-state index is 14.2. The number of aromatic amines is 2. The third kappa shape index (κ3) is 15.9. The van der Waals surface area contributed by atoms with E-state index < -0.39 is 102 Å². The molecule has 3 aliphatic heterocycles. The van der Waals surface area contributed by atoms with Crippen molar-refractivity contribution in [3.63, 3.8) is 0 Å². The van der Waals surface area contributed by atoms with Crippen molar-refractivity contribution in [3.8, 4) is 0 Å². The maximum absolute atomic E-state index is 14.2. The van der Waals surface area contributed by atoms with Crippen LogP contribution in [0.2, 0.25) is 0 Å². The molecule has 6 rings (SSSR count). The molecular weight excluding hydrogens is 1130 g/mol. The number of carboxylic acid groups (broad SMARTS) is 2. The number of methoxy groups -OCH3 is 3. The van der Waals surface area contributed by atoms with Gasteiger partial charge in [-0.15, -0.1) is 0 Å². The van der Waals surface area contributed by atoms with Crippen molar-refractivity contribution in [1.29, 1.82) is 10.8 Å². The number of aliphatic carboxylic acids is 2. The Kier molecular flexibility index (Phi) is 22.3. The van der Waals surface area contributed by atoms with Crippen LogP contribution in [0.3, 0.4) is 0 Å². The lowest BCUT2D eigenvalue weighted by Gasteiger charge is -2.37. The molecule has 0 spiro atoms. The van der Waals surface area contributed by atoms with Crippen LogP contribution in [-0.4, -0.2) is 162 Å². The van der Waals surface area contributed by atoms with Crippen LogP contribution in [0.25, 0.3) is 24.3 Å². The summed E-state index contributed by atoms with van der Waals surface area (Å²) < 4.78 is 15.6. The number of nitrogens with one attached hydrogen (secondary N) is 10. The maximum Gasteiger partial charge on any atom is 0.334 e. The topological polar surface area (TPSA) is 450 Å². The van der Waals surface area contributed by atoms with Crippen LogP contribution in [0.5, 0.6) is 0 Å². The minimum absolute atomic E-state index is 0.00991. The van der Waals surface area contributed by atoms with Crippen molar-refractivity contribution in [3.05, 3.63) is 91.1 Å². The molecule has 1 aliphatic carbocycles. The lowest BCUT2D eigenvalue weighted by atomic mass is 9.64. The number of amides is 4. The van der Waals surface area contributed by atoms with Gasteiger partial charge in [0, 0.05) is 60.0 Å². The number of nitrogens with zero attached hydrogens (tertiary/aromatic N) is 2. The molecule has 2 aromatic rings. The number of allylic oxidation sites excluding steroid dienone is 4. The first-order valence-corrected chi connectivity index (χ1v) is 28.0. The fourth-order valence-corrected chi connectivity index (χ4v) is 11.1. The summed E-state index contributed by atoms with van der Waals surface area (Å²) in [4.78, 5) is 136. The molecule has 87 heavy (non-hydrogen) atoms. The Balaban J connectivity index is 1.31. The predicted octanol–water partition coefficient (Wildman–Crippen LogP) is -0.268. The molecule has 4 amide bonds. The number of esters is 3. The zero-order chi connectivity index (χ0) is 64.0. The smallest absolute Gasteiger partial charge is 0.334 e. The lowest BCUT2D eigenvalue weighted by molar-refractivity contribution is -0.150. The molecule has 4 aliphatic rings. The van der Waals surface area contributed by atoms with E-state index in [1.165, 1.54) is 21.3 Å². The number of carbonyl (C=O) groups excluding carboxylic acids is 7. The highest BCUT2D eigenvalue weighted by molar-refractivity contribution is 6.25. The third-order valence-electron chi connectivity index (χ3n) is 15.8. The van der Waals surface area contributed by atoms with Gasteiger partial charge in [0.2, 0.25) is 23.6 Å². The quantitative estimate of drug-likeness (QED) is 0.0180. The summed E-state index contributed by atoms with van der Waals surface area (Å²) in [6, 6.07) is -5.10. The summed E-state index contributed by atoms with van der Waals surface area (Å²) in [6.45, 7) is 11.1. The van der Waals surface area contributed by atoms with E-state index in [4.69, 9.17) is 46.5 Å². The molecule has 0 saturated carbocycles. The monoisotopic (exact) mass is 1200 g/mol. The lowest BCUT2D eigenvalue weighted by Crippen LogP contribution is -2.54. The predicted molar refractivity (Wildman–Crippen MR) is 321 cm³/mol. The van der Waals surface area contributed by atoms with Crippen LogP contribution in [0.4, 0.5) is 0 Å². The number of carboxylic acids is 2. The summed E-state index contributed by atoms with van der Waals surface area (Å²) in [5.41, 5.74) is 17.7. The van der Waals surface area contributed by atoms with Gasteiger partial charge in [0.1, 0.15) is 24.0 Å². The number of hydrogen-bond donors (Lipinski definition) is 14. The number of aromatic nitrogens is 2. The highest BCUT2D eigenvalue weighted by atomic mass is 16.5. The summed E-state index contributed by atoms with van der Waals surface area (Å²) >= 11 is 0. The molecule has 466 valence electrons. The first-order chi connectivity index (χ1) is 41.3. The van der Waals surface area contributed by atoms with Gasteiger partial charge in [-0.25, -0.2) is 9.59 Å². The Hall–Kier alpha value is -9.89. The average Bonchev–Trinajstić information content (AvgIpc) is 1.64. The van der Waals surface area contributed by atoms with E-state index in [0.29, 0.717) is 44.8 Å². The third-order valence-corrected chi connectivity index (χ3v) is 15.8. The molecule has 0 saturated heterocycles. The van der Waals surface area contributed by atoms with Gasteiger partial charge in [-0.1, -0.05) is 24.8 Å². The number of fused-ring (bicyclic) bond motifs is 9. The largest absolute Gasteiger partial charge is 0.481 e. The molecule has 2 aromatic heterocycles. The molecule has 16 N–H and O–H groups in total. The average molecular weight is 1210 g/mol. The number of aliphatic imine (C=N–C) groups is 2. The van der Waals surface area contributed by atoms with Crippen molar-refractivity contribution in [2.45, 2.75) is 116 Å². The van der Waals surface area contributed by atoms with Crippen LogP contribution in [0, 0.1) is 36.0 Å². The molecule has 0 aromatic carbocycles. The number of H-pyrrole nitrogens is 2. The number of nitrogens with two attached hydrogens (primary N) is 2. The number of carbonyl (C=O) groups is 9. The highest BCUT2D eigenvalue weighted by Crippen LogP contribution is 2.54. The van der Waals surface area contributed by atoms with E-state index in [-0.39, 0.29) is 88.4 Å². The van der Waals surface area contributed by atoms with Crippen molar-refractivity contribution >= 4 is 101 Å². The number of hydrogen-bond acceptors (Lipinski definition) is 16. The van der Waals surface area contributed by atoms with Gasteiger partial charge < -0.3 is 77.8 Å². The molecular formula is C59H76N14O14. The summed E-state index contributed by atoms with van der Waals surface area (Å²) in [5, 5.41) is 50.2. The zero-order valence-electron chi connectivity index (χ0n) is 49.6. The molecule has 5 unspecified atom stereocenters. The second-order valence-corrected chi connectivity index (χ2v) is 21.4. The highest BCUT2D eigenvalue weighted by Gasteiger charge is 2.55. The summed E-state index contributed by atoms with van der Waals surface area (Å²) in [5.74, 6) is -10.2. The second kappa shape index (κ2) is 29.3. The molecule has 8 bridgehead atoms. The fraction of sp³-hybridized carbons (Fsp3) is 0.441. The van der Waals surface area contributed by atoms with Crippen LogP contribution in [0.15, 0.2) is 56.7 Å². The van der Waals surface area contributed by atoms with E-state index >= 15 is 0 Å². The number of ether oxygens (including phenoxy) is 3. The Labute approximate surface area is 500 Å². The molecule has 28 nitrogen and oxygen atoms in total. The van der Waals surface area contributed by atoms with Gasteiger partial charge >= 0.3 is 29.8 Å². The van der Waals surface area contributed by atoms with E-state index in [2.05, 4.69) is 48.4 Å². The molecule has 6 atom stereocenters. The number of rotatable bonds is 27. The molecule has 5 heterocycles. The molecule has 0 fully saturated rings. The van der Waals surface area contributed by atoms with Crippen LogP contribution < -0.4 is 54.1 Å². The van der Waals surface area contributed by atoms with Gasteiger partial charge in [-0.2, -0.15) is 0 Å². The van der Waals surface area contributed by atoms with Gasteiger partial charge in [-0.3, -0.25) is 54.4 Å². The fourth-order valence-electron chi connectivity index (χ4n) is 11.1. The van der Waals surface area contributed by atoms with Gasteiger partial charge in [0.15, 0.2) is 11.9 Å². The van der Waals surface area contributed by atoms with Crippen molar-refractivity contribution in [2.75, 3.05) is 41.0 Å². The van der Waals surface area contributed by atoms with Crippen LogP contribution in [-0.2, 0) is 70.2 Å². The number of guanidine groups is 2. The van der Waals surface area contributed by atoms with Crippen molar-refractivity contribution < 1.29 is 67.6 Å². The van der Waals surface area contributed by atoms with E-state index in [9.17, 15) is 53.4 Å². The van der Waals surface area contributed by atoms with Gasteiger partial charge in [-0.05, 0) is 118 Å². The zero-order valence-corrected chi connectivity index (χ0v) is 49.6. The Morgan fingerprint density at radius 2 is 1.44 bits per heavy atom. The van der Waals surface area contributed by atoms with Crippen LogP contribution in [0.1, 0.15) is 98.9 Å². The summed E-state index contributed by atoms with van der Waals surface area (Å²) in [6.07, 6.45) is 10.4. The standard InChI is InChI=1S/C59H76N14O14/c1-9-31-28(2)39-23-44-35-17-14-34(55(83)86-7)51(56(84)87-8)59(35,5)46(70-44)25-40-30(4)33(16-19-50(78)85-6)43(69-40)24-42-32(29(3)38(68-42)22-41(31)67-39)15-18-47(74)71-36(12-10-20-64-57(60)61)52(79)66-27-48(75)72-45(26-49(76)77)53(80)73-37(54(81)82)13-11-21-65-58(62)63/h9,14,17,22-23,25,36-37,42,45,51,67,69H,1,10-13,15-16,18-21,24,26-27H2,2-8H3,(H,66,79)(H,71,74)(H,72,75)(H,73,80)(H,76,77)(H,81,82)(H4,60,61,64)(H4,62,63,65)/b39-23+,41-22-,46-25-/t36?,37-,42?,45?,51?,59?/m0/s1. The Morgan fingerprint density at radius 3 is 2.05 bits per heavy atom. The van der Waals surface area contributed by atoms with Gasteiger partial charge in [0.25, 0.3) is 0 Å². The van der Waals surface area contributed by atoms with Crippen molar-refractivity contribution in [1.82, 2.24) is 41.9 Å². The van der Waals surface area contributed by atoms with E-state index in [0.717, 1.165) is 33.4 Å². The SMILES string of the molecule is C=Cc1c(C)/c2[nH]/c1=C\C1=NC(Cc3[nH]c(c(C)c3CCC(=O)OC)/C=C3N=C(/C=2)C2=CC=C(C(=O)OC)C(C(=O)OC)C2\3C)C(CCC(=O)NC(CCCNC(=N)N)C(=O)NCC(=O)NC(CC(=O)O)C(=O)N[C@@H](CCCNC(=N)N)C(=O)O)=C1C. The van der Waals surface area contributed by atoms with Gasteiger partial charge in [0.05, 0.1) is 68.4 Å². The van der Waals surface area contributed by atoms with E-state index in [1.54, 1.807) is 18.2 Å². The second-order valence-electron chi connectivity index (χ2n) is 21.4. The molecule has 28 heteroatoms. The Morgan fingerprint density at radius 1 is 0.782 bits per heavy atom. The first kappa shape index (κ1) is 66.3.